The molecule has 2 heterocycles. The normalized spacial score (nSPS) is 16.5. The number of amides is 1. The van der Waals surface area contributed by atoms with Crippen molar-refractivity contribution in [3.8, 4) is 0 Å². The molecule has 5 heteroatoms. The highest BCUT2D eigenvalue weighted by molar-refractivity contribution is 7.14. The van der Waals surface area contributed by atoms with Crippen LogP contribution in [-0.4, -0.2) is 35.6 Å². The van der Waals surface area contributed by atoms with Crippen LogP contribution in [0.3, 0.4) is 0 Å². The summed E-state index contributed by atoms with van der Waals surface area (Å²) in [5.41, 5.74) is 6.37. The van der Waals surface area contributed by atoms with Gasteiger partial charge in [-0.3, -0.25) is 4.79 Å². The molecule has 15 heavy (non-hydrogen) atoms. The second-order valence-corrected chi connectivity index (χ2v) is 5.14. The molecule has 82 valence electrons. The molecule has 0 aliphatic carbocycles. The molecule has 1 amide bonds. The van der Waals surface area contributed by atoms with Gasteiger partial charge >= 0.3 is 0 Å². The SMILES string of the molecule is Cc1sc(C(=O)N2CC(CO)C2)cc1N. The molecule has 1 aromatic heterocycles. The van der Waals surface area contributed by atoms with Crippen molar-refractivity contribution in [1.82, 2.24) is 4.90 Å². The molecular formula is C10H14N2O2S. The van der Waals surface area contributed by atoms with E-state index >= 15 is 0 Å². The van der Waals surface area contributed by atoms with Gasteiger partial charge in [0.15, 0.2) is 0 Å². The third-order valence-electron chi connectivity index (χ3n) is 2.67. The largest absolute Gasteiger partial charge is 0.398 e. The van der Waals surface area contributed by atoms with Crippen molar-refractivity contribution in [1.29, 1.82) is 0 Å². The van der Waals surface area contributed by atoms with Crippen LogP contribution in [0.4, 0.5) is 5.69 Å². The molecule has 3 N–H and O–H groups in total. The third kappa shape index (κ3) is 1.85. The van der Waals surface area contributed by atoms with Crippen LogP contribution in [0.25, 0.3) is 0 Å². The lowest BCUT2D eigenvalue weighted by molar-refractivity contribution is 0.0366. The van der Waals surface area contributed by atoms with Crippen LogP contribution in [0.1, 0.15) is 14.5 Å². The van der Waals surface area contributed by atoms with Crippen LogP contribution in [-0.2, 0) is 0 Å². The number of anilines is 1. The Morgan fingerprint density at radius 3 is 2.87 bits per heavy atom. The number of nitrogen functional groups attached to an aromatic ring is 1. The molecule has 0 aromatic carbocycles. The summed E-state index contributed by atoms with van der Waals surface area (Å²) in [6, 6.07) is 1.73. The first-order chi connectivity index (χ1) is 7.11. The number of rotatable bonds is 2. The lowest BCUT2D eigenvalue weighted by Crippen LogP contribution is -2.51. The fourth-order valence-electron chi connectivity index (χ4n) is 1.61. The van der Waals surface area contributed by atoms with E-state index in [0.29, 0.717) is 23.7 Å². The Kier molecular flexibility index (Phi) is 2.67. The molecule has 0 spiro atoms. The van der Waals surface area contributed by atoms with E-state index in [0.717, 1.165) is 4.88 Å². The van der Waals surface area contributed by atoms with Gasteiger partial charge in [0.2, 0.25) is 0 Å². The van der Waals surface area contributed by atoms with Crippen LogP contribution in [0.5, 0.6) is 0 Å². The summed E-state index contributed by atoms with van der Waals surface area (Å²) in [6.45, 7) is 3.39. The van der Waals surface area contributed by atoms with Crippen molar-refractivity contribution in [2.45, 2.75) is 6.92 Å². The second-order valence-electron chi connectivity index (χ2n) is 3.88. The third-order valence-corrected chi connectivity index (χ3v) is 3.72. The average molecular weight is 226 g/mol. The first-order valence-electron chi connectivity index (χ1n) is 4.88. The summed E-state index contributed by atoms with van der Waals surface area (Å²) >= 11 is 1.43. The molecule has 0 saturated carbocycles. The first-order valence-corrected chi connectivity index (χ1v) is 5.69. The minimum atomic E-state index is 0.0319. The van der Waals surface area contributed by atoms with Crippen molar-refractivity contribution in [3.05, 3.63) is 15.8 Å². The van der Waals surface area contributed by atoms with Gasteiger partial charge in [-0.1, -0.05) is 0 Å². The molecule has 0 atom stereocenters. The van der Waals surface area contributed by atoms with Crippen molar-refractivity contribution < 1.29 is 9.90 Å². The Labute approximate surface area is 92.3 Å². The van der Waals surface area contributed by atoms with Crippen molar-refractivity contribution >= 4 is 22.9 Å². The smallest absolute Gasteiger partial charge is 0.264 e. The number of carbonyl (C=O) groups excluding carboxylic acids is 1. The fourth-order valence-corrected chi connectivity index (χ4v) is 2.52. The number of aryl methyl sites for hydroxylation is 1. The zero-order chi connectivity index (χ0) is 11.0. The van der Waals surface area contributed by atoms with E-state index < -0.39 is 0 Å². The van der Waals surface area contributed by atoms with Gasteiger partial charge in [-0.2, -0.15) is 0 Å². The number of carbonyl (C=O) groups is 1. The molecule has 1 aliphatic heterocycles. The number of nitrogens with zero attached hydrogens (tertiary/aromatic N) is 1. The number of likely N-dealkylation sites (tertiary alicyclic amines) is 1. The maximum absolute atomic E-state index is 11.9. The Balaban J connectivity index is 2.03. The maximum atomic E-state index is 11.9. The number of aliphatic hydroxyl groups is 1. The Bertz CT molecular complexity index is 363. The highest BCUT2D eigenvalue weighted by Gasteiger charge is 2.31. The number of hydrogen-bond acceptors (Lipinski definition) is 4. The standard InChI is InChI=1S/C10H14N2O2S/c1-6-8(11)2-9(15-6)10(14)12-3-7(4-12)5-13/h2,7,13H,3-5,11H2,1H3. The fraction of sp³-hybridized carbons (Fsp3) is 0.500. The van der Waals surface area contributed by atoms with Crippen LogP contribution < -0.4 is 5.73 Å². The Morgan fingerprint density at radius 1 is 1.73 bits per heavy atom. The van der Waals surface area contributed by atoms with Gasteiger partial charge in [0, 0.05) is 36.2 Å². The summed E-state index contributed by atoms with van der Waals surface area (Å²) in [4.78, 5) is 15.3. The summed E-state index contributed by atoms with van der Waals surface area (Å²) < 4.78 is 0. The summed E-state index contributed by atoms with van der Waals surface area (Å²) in [6.07, 6.45) is 0. The quantitative estimate of drug-likeness (QED) is 0.780. The second kappa shape index (κ2) is 3.83. The molecular weight excluding hydrogens is 212 g/mol. The van der Waals surface area contributed by atoms with E-state index in [1.165, 1.54) is 11.3 Å². The molecule has 1 aromatic rings. The topological polar surface area (TPSA) is 66.6 Å². The molecule has 1 saturated heterocycles. The summed E-state index contributed by atoms with van der Waals surface area (Å²) in [5, 5.41) is 8.85. The molecule has 0 unspecified atom stereocenters. The minimum Gasteiger partial charge on any atom is -0.398 e. The average Bonchev–Trinajstić information content (AvgIpc) is 2.45. The van der Waals surface area contributed by atoms with Gasteiger partial charge < -0.3 is 15.7 Å². The summed E-state index contributed by atoms with van der Waals surface area (Å²) in [7, 11) is 0. The molecule has 0 radical (unpaired) electrons. The molecule has 2 rings (SSSR count). The molecule has 4 nitrogen and oxygen atoms in total. The van der Waals surface area contributed by atoms with E-state index in [9.17, 15) is 4.79 Å². The first kappa shape index (κ1) is 10.4. The lowest BCUT2D eigenvalue weighted by atomic mass is 10.0. The molecule has 1 fully saturated rings. The van der Waals surface area contributed by atoms with Crippen LogP contribution in [0.2, 0.25) is 0 Å². The number of aliphatic hydroxyl groups excluding tert-OH is 1. The van der Waals surface area contributed by atoms with Crippen LogP contribution in [0.15, 0.2) is 6.07 Å². The predicted molar refractivity (Wildman–Crippen MR) is 59.9 cm³/mol. The van der Waals surface area contributed by atoms with Gasteiger partial charge in [-0.15, -0.1) is 11.3 Å². The zero-order valence-electron chi connectivity index (χ0n) is 8.56. The van der Waals surface area contributed by atoms with Crippen LogP contribution >= 0.6 is 11.3 Å². The molecule has 0 bridgehead atoms. The van der Waals surface area contributed by atoms with E-state index in [2.05, 4.69) is 0 Å². The number of thiophene rings is 1. The molecule has 1 aliphatic rings. The van der Waals surface area contributed by atoms with Gasteiger partial charge in [0.25, 0.3) is 5.91 Å². The van der Waals surface area contributed by atoms with E-state index in [1.54, 1.807) is 11.0 Å². The van der Waals surface area contributed by atoms with Crippen LogP contribution in [0, 0.1) is 12.8 Å². The van der Waals surface area contributed by atoms with Crippen molar-refractivity contribution in [2.24, 2.45) is 5.92 Å². The monoisotopic (exact) mass is 226 g/mol. The minimum absolute atomic E-state index is 0.0319. The number of nitrogens with two attached hydrogens (primary N) is 1. The van der Waals surface area contributed by atoms with E-state index in [-0.39, 0.29) is 18.4 Å². The van der Waals surface area contributed by atoms with Gasteiger partial charge in [0.05, 0.1) is 4.88 Å². The maximum Gasteiger partial charge on any atom is 0.264 e. The van der Waals surface area contributed by atoms with Gasteiger partial charge in [0.1, 0.15) is 0 Å². The van der Waals surface area contributed by atoms with Gasteiger partial charge in [-0.05, 0) is 13.0 Å². The number of hydrogen-bond donors (Lipinski definition) is 2. The van der Waals surface area contributed by atoms with Crippen molar-refractivity contribution in [2.75, 3.05) is 25.4 Å². The zero-order valence-corrected chi connectivity index (χ0v) is 9.38. The van der Waals surface area contributed by atoms with E-state index in [4.69, 9.17) is 10.8 Å². The predicted octanol–water partition coefficient (Wildman–Crippen LogP) is 0.703. The summed E-state index contributed by atoms with van der Waals surface area (Å²) in [5.74, 6) is 0.289. The highest BCUT2D eigenvalue weighted by atomic mass is 32.1. The lowest BCUT2D eigenvalue weighted by Gasteiger charge is -2.37. The van der Waals surface area contributed by atoms with Crippen molar-refractivity contribution in [3.63, 3.8) is 0 Å². The highest BCUT2D eigenvalue weighted by Crippen LogP contribution is 2.27. The van der Waals surface area contributed by atoms with E-state index in [1.807, 2.05) is 6.92 Å². The van der Waals surface area contributed by atoms with Gasteiger partial charge in [-0.25, -0.2) is 0 Å². The Hall–Kier alpha value is -1.07. The Morgan fingerprint density at radius 2 is 2.40 bits per heavy atom.